The molecule has 0 N–H and O–H groups in total. The van der Waals surface area contributed by atoms with Gasteiger partial charge < -0.3 is 0 Å². The van der Waals surface area contributed by atoms with Gasteiger partial charge in [-0.25, -0.2) is 13.4 Å². The minimum absolute atomic E-state index is 0.361. The van der Waals surface area contributed by atoms with Crippen LogP contribution in [0.1, 0.15) is 17.1 Å². The fourth-order valence-corrected chi connectivity index (χ4v) is 4.22. The molecule has 128 valence electrons. The van der Waals surface area contributed by atoms with Gasteiger partial charge in [-0.2, -0.15) is 0 Å². The van der Waals surface area contributed by atoms with E-state index in [2.05, 4.69) is 4.57 Å². The summed E-state index contributed by atoms with van der Waals surface area (Å²) in [5.74, 6) is 1.00. The molecule has 0 saturated heterocycles. The van der Waals surface area contributed by atoms with E-state index in [0.717, 1.165) is 46.9 Å². The number of aromatic nitrogens is 2. The van der Waals surface area contributed by atoms with Gasteiger partial charge in [0.05, 0.1) is 22.0 Å². The first-order chi connectivity index (χ1) is 11.8. The maximum Gasteiger partial charge on any atom is 0.175 e. The quantitative estimate of drug-likeness (QED) is 0.683. The number of hydrogen-bond acceptors (Lipinski definition) is 3. The van der Waals surface area contributed by atoms with Crippen molar-refractivity contribution in [3.8, 4) is 16.9 Å². The van der Waals surface area contributed by atoms with Crippen molar-refractivity contribution >= 4 is 21.4 Å². The first-order valence-electron chi connectivity index (χ1n) is 8.02. The highest BCUT2D eigenvalue weighted by Crippen LogP contribution is 2.34. The molecule has 0 unspecified atom stereocenters. The molecule has 0 aliphatic carbocycles. The second kappa shape index (κ2) is 5.71. The highest BCUT2D eigenvalue weighted by atomic mass is 35.5. The van der Waals surface area contributed by atoms with Crippen molar-refractivity contribution < 1.29 is 8.42 Å². The Morgan fingerprint density at radius 1 is 1.08 bits per heavy atom. The first kappa shape index (κ1) is 16.4. The molecule has 0 atom stereocenters. The van der Waals surface area contributed by atoms with E-state index >= 15 is 0 Å². The molecular formula is C19H17ClN2O2S. The van der Waals surface area contributed by atoms with Gasteiger partial charge in [-0.1, -0.05) is 23.7 Å². The van der Waals surface area contributed by atoms with Crippen molar-refractivity contribution in [1.29, 1.82) is 0 Å². The van der Waals surface area contributed by atoms with Crippen molar-refractivity contribution in [3.05, 3.63) is 64.6 Å². The highest BCUT2D eigenvalue weighted by Gasteiger charge is 2.24. The van der Waals surface area contributed by atoms with Gasteiger partial charge in [-0.05, 0) is 49.2 Å². The molecule has 6 heteroatoms. The van der Waals surface area contributed by atoms with Crippen molar-refractivity contribution in [2.45, 2.75) is 24.7 Å². The number of fused-ring (bicyclic) bond motifs is 3. The largest absolute Gasteiger partial charge is 0.296 e. The SMILES string of the molecule is Cc1nc2n(c1-c1ccc(Cl)cc1)-c1ccc(S(C)(=O)=O)cc1CC2. The molecule has 4 rings (SSSR count). The van der Waals surface area contributed by atoms with Gasteiger partial charge in [-0.15, -0.1) is 0 Å². The lowest BCUT2D eigenvalue weighted by Crippen LogP contribution is -2.14. The zero-order valence-corrected chi connectivity index (χ0v) is 15.5. The number of imidazole rings is 1. The Morgan fingerprint density at radius 2 is 1.80 bits per heavy atom. The van der Waals surface area contributed by atoms with Crippen molar-refractivity contribution in [3.63, 3.8) is 0 Å². The molecule has 2 heterocycles. The summed E-state index contributed by atoms with van der Waals surface area (Å²) in [5.41, 5.74) is 5.06. The Balaban J connectivity index is 1.94. The average molecular weight is 373 g/mol. The molecule has 1 aliphatic heterocycles. The normalized spacial score (nSPS) is 13.4. The number of nitrogens with zero attached hydrogens (tertiary/aromatic N) is 2. The number of halogens is 1. The van der Waals surface area contributed by atoms with Crippen LogP contribution in [0.3, 0.4) is 0 Å². The van der Waals surface area contributed by atoms with E-state index in [1.54, 1.807) is 12.1 Å². The molecule has 3 aromatic rings. The van der Waals surface area contributed by atoms with Gasteiger partial charge in [0.15, 0.2) is 9.84 Å². The monoisotopic (exact) mass is 372 g/mol. The molecule has 0 saturated carbocycles. The maximum atomic E-state index is 11.9. The van der Waals surface area contributed by atoms with Crippen LogP contribution in [0.15, 0.2) is 47.4 Å². The Kier molecular flexibility index (Phi) is 3.74. The van der Waals surface area contributed by atoms with Crippen LogP contribution in [0.2, 0.25) is 5.02 Å². The van der Waals surface area contributed by atoms with Crippen LogP contribution in [0, 0.1) is 6.92 Å². The second-order valence-electron chi connectivity index (χ2n) is 6.37. The standard InChI is InChI=1S/C19H17ClN2O2S/c1-12-19(13-3-6-15(20)7-4-13)22-17-9-8-16(25(2,23)24)11-14(17)5-10-18(22)21-12/h3-4,6-9,11H,5,10H2,1-2H3. The van der Waals surface area contributed by atoms with Crippen LogP contribution >= 0.6 is 11.6 Å². The zero-order chi connectivity index (χ0) is 17.8. The number of rotatable bonds is 2. The van der Waals surface area contributed by atoms with Crippen LogP contribution in [0.5, 0.6) is 0 Å². The van der Waals surface area contributed by atoms with E-state index in [-0.39, 0.29) is 0 Å². The van der Waals surface area contributed by atoms with Crippen LogP contribution in [0.4, 0.5) is 0 Å². The Bertz CT molecular complexity index is 1080. The van der Waals surface area contributed by atoms with E-state index in [1.165, 1.54) is 6.26 Å². The predicted molar refractivity (Wildman–Crippen MR) is 99.3 cm³/mol. The van der Waals surface area contributed by atoms with E-state index in [0.29, 0.717) is 9.92 Å². The van der Waals surface area contributed by atoms with Gasteiger partial charge >= 0.3 is 0 Å². The zero-order valence-electron chi connectivity index (χ0n) is 14.0. The highest BCUT2D eigenvalue weighted by molar-refractivity contribution is 7.90. The fraction of sp³-hybridized carbons (Fsp3) is 0.211. The minimum atomic E-state index is -3.22. The third-order valence-corrected chi connectivity index (χ3v) is 5.94. The number of hydrogen-bond donors (Lipinski definition) is 0. The van der Waals surface area contributed by atoms with Gasteiger partial charge in [0.2, 0.25) is 0 Å². The van der Waals surface area contributed by atoms with E-state index in [1.807, 2.05) is 37.3 Å². The molecule has 0 spiro atoms. The van der Waals surface area contributed by atoms with Crippen molar-refractivity contribution in [1.82, 2.24) is 9.55 Å². The Morgan fingerprint density at radius 3 is 2.48 bits per heavy atom. The predicted octanol–water partition coefficient (Wildman–Crippen LogP) is 4.00. The lowest BCUT2D eigenvalue weighted by molar-refractivity contribution is 0.601. The number of sulfone groups is 1. The molecule has 1 aromatic heterocycles. The molecule has 25 heavy (non-hydrogen) atoms. The molecular weight excluding hydrogens is 356 g/mol. The summed E-state index contributed by atoms with van der Waals surface area (Å²) in [6.45, 7) is 2.00. The number of benzene rings is 2. The third kappa shape index (κ3) is 2.77. The van der Waals surface area contributed by atoms with Gasteiger partial charge in [-0.3, -0.25) is 4.57 Å². The van der Waals surface area contributed by atoms with E-state index in [9.17, 15) is 8.42 Å². The molecule has 0 radical (unpaired) electrons. The summed E-state index contributed by atoms with van der Waals surface area (Å²) in [4.78, 5) is 5.09. The first-order valence-corrected chi connectivity index (χ1v) is 10.3. The lowest BCUT2D eigenvalue weighted by Gasteiger charge is -2.21. The summed E-state index contributed by atoms with van der Waals surface area (Å²) < 4.78 is 25.9. The fourth-order valence-electron chi connectivity index (χ4n) is 3.42. The van der Waals surface area contributed by atoms with Gasteiger partial charge in [0.1, 0.15) is 5.82 Å². The van der Waals surface area contributed by atoms with Crippen LogP contribution in [-0.2, 0) is 22.7 Å². The molecule has 4 nitrogen and oxygen atoms in total. The van der Waals surface area contributed by atoms with Crippen LogP contribution in [-0.4, -0.2) is 24.2 Å². The molecule has 0 fully saturated rings. The Labute approximate surface area is 152 Å². The van der Waals surface area contributed by atoms with Crippen LogP contribution in [0.25, 0.3) is 16.9 Å². The van der Waals surface area contributed by atoms with E-state index < -0.39 is 9.84 Å². The minimum Gasteiger partial charge on any atom is -0.296 e. The summed E-state index contributed by atoms with van der Waals surface area (Å²) in [5, 5.41) is 0.693. The Hall–Kier alpha value is -2.11. The summed E-state index contributed by atoms with van der Waals surface area (Å²) >= 11 is 6.02. The molecule has 1 aliphatic rings. The second-order valence-corrected chi connectivity index (χ2v) is 8.82. The third-order valence-electron chi connectivity index (χ3n) is 4.58. The number of aryl methyl sites for hydroxylation is 3. The summed E-state index contributed by atoms with van der Waals surface area (Å²) in [6, 6.07) is 13.0. The van der Waals surface area contributed by atoms with Gasteiger partial charge in [0.25, 0.3) is 0 Å². The van der Waals surface area contributed by atoms with Gasteiger partial charge in [0, 0.05) is 23.3 Å². The molecule has 0 amide bonds. The molecule has 0 bridgehead atoms. The lowest BCUT2D eigenvalue weighted by atomic mass is 10.0. The smallest absolute Gasteiger partial charge is 0.175 e. The topological polar surface area (TPSA) is 52.0 Å². The van der Waals surface area contributed by atoms with Crippen molar-refractivity contribution in [2.24, 2.45) is 0 Å². The van der Waals surface area contributed by atoms with Crippen LogP contribution < -0.4 is 0 Å². The summed E-state index contributed by atoms with van der Waals surface area (Å²) in [7, 11) is -3.22. The average Bonchev–Trinajstić information content (AvgIpc) is 2.90. The van der Waals surface area contributed by atoms with E-state index in [4.69, 9.17) is 16.6 Å². The maximum absolute atomic E-state index is 11.9. The molecule has 2 aromatic carbocycles. The summed E-state index contributed by atoms with van der Waals surface area (Å²) in [6.07, 6.45) is 2.81. The van der Waals surface area contributed by atoms with Crippen molar-refractivity contribution in [2.75, 3.05) is 6.26 Å².